The molecule has 0 saturated carbocycles. The Labute approximate surface area is 190 Å². The first-order valence-electron chi connectivity index (χ1n) is 11.0. The van der Waals surface area contributed by atoms with Gasteiger partial charge in [0, 0.05) is 47.9 Å². The molecule has 1 fully saturated rings. The van der Waals surface area contributed by atoms with Crippen LogP contribution >= 0.6 is 0 Å². The molecule has 4 nitrogen and oxygen atoms in total. The van der Waals surface area contributed by atoms with Crippen molar-refractivity contribution in [1.29, 1.82) is 0 Å². The highest BCUT2D eigenvalue weighted by Crippen LogP contribution is 2.31. The monoisotopic (exact) mass is 458 g/mol. The highest BCUT2D eigenvalue weighted by Gasteiger charge is 2.31. The van der Waals surface area contributed by atoms with E-state index in [1.165, 1.54) is 18.2 Å². The molecule has 0 aliphatic carbocycles. The Morgan fingerprint density at radius 1 is 1.15 bits per heavy atom. The van der Waals surface area contributed by atoms with Crippen LogP contribution in [0.4, 0.5) is 23.2 Å². The molecule has 8 heteroatoms. The second-order valence-electron chi connectivity index (χ2n) is 8.44. The maximum atomic E-state index is 15.1. The van der Waals surface area contributed by atoms with E-state index < -0.39 is 12.2 Å². The predicted octanol–water partition coefficient (Wildman–Crippen LogP) is 5.64. The van der Waals surface area contributed by atoms with Crippen LogP contribution in [0.1, 0.15) is 30.9 Å². The van der Waals surface area contributed by atoms with Crippen molar-refractivity contribution in [2.24, 2.45) is 16.1 Å². The van der Waals surface area contributed by atoms with Gasteiger partial charge in [-0.3, -0.25) is 0 Å². The third-order valence-electron chi connectivity index (χ3n) is 6.05. The minimum Gasteiger partial charge on any atom is -0.341 e. The molecular formula is C25H26F4N4. The average Bonchev–Trinajstić information content (AvgIpc) is 3.25. The van der Waals surface area contributed by atoms with E-state index >= 15 is 4.39 Å². The molecular weight excluding hydrogens is 432 g/mol. The molecule has 2 heterocycles. The van der Waals surface area contributed by atoms with Gasteiger partial charge in [0.1, 0.15) is 17.3 Å². The van der Waals surface area contributed by atoms with Crippen molar-refractivity contribution in [2.45, 2.75) is 32.7 Å². The average molecular weight is 459 g/mol. The van der Waals surface area contributed by atoms with Crippen LogP contribution in [0, 0.1) is 17.6 Å². The lowest BCUT2D eigenvalue weighted by atomic mass is 9.94. The van der Waals surface area contributed by atoms with E-state index in [9.17, 15) is 13.2 Å². The fraction of sp³-hybridized carbons (Fsp3) is 0.360. The number of hydrogen-bond acceptors (Lipinski definition) is 4. The lowest BCUT2D eigenvalue weighted by molar-refractivity contribution is 0.122. The summed E-state index contributed by atoms with van der Waals surface area (Å²) in [5, 5.41) is 7.27. The van der Waals surface area contributed by atoms with E-state index in [1.807, 2.05) is 4.90 Å². The predicted molar refractivity (Wildman–Crippen MR) is 123 cm³/mol. The lowest BCUT2D eigenvalue weighted by Gasteiger charge is -2.43. The molecule has 4 rings (SSSR count). The molecule has 0 bridgehead atoms. The van der Waals surface area contributed by atoms with Gasteiger partial charge in [-0.1, -0.05) is 31.7 Å². The molecule has 0 aromatic heterocycles. The van der Waals surface area contributed by atoms with Crippen LogP contribution in [0.3, 0.4) is 0 Å². The van der Waals surface area contributed by atoms with Gasteiger partial charge < -0.3 is 9.80 Å². The van der Waals surface area contributed by atoms with Crippen LogP contribution in [0.2, 0.25) is 0 Å². The van der Waals surface area contributed by atoms with Crippen LogP contribution in [0.5, 0.6) is 0 Å². The number of benzene rings is 2. The van der Waals surface area contributed by atoms with Crippen molar-refractivity contribution < 1.29 is 17.6 Å². The van der Waals surface area contributed by atoms with Crippen molar-refractivity contribution in [3.8, 4) is 0 Å². The Morgan fingerprint density at radius 3 is 2.58 bits per heavy atom. The van der Waals surface area contributed by atoms with Crippen LogP contribution in [-0.2, 0) is 6.54 Å². The molecule has 174 valence electrons. The zero-order valence-corrected chi connectivity index (χ0v) is 18.4. The van der Waals surface area contributed by atoms with Gasteiger partial charge in [0.25, 0.3) is 6.43 Å². The van der Waals surface area contributed by atoms with E-state index in [2.05, 4.69) is 28.6 Å². The summed E-state index contributed by atoms with van der Waals surface area (Å²) in [6.07, 6.45) is -1.71. The zero-order valence-electron chi connectivity index (χ0n) is 18.4. The van der Waals surface area contributed by atoms with Crippen LogP contribution in [-0.4, -0.2) is 42.4 Å². The van der Waals surface area contributed by atoms with Crippen LogP contribution in [0.25, 0.3) is 0 Å². The molecule has 2 aromatic rings. The molecule has 0 N–H and O–H groups in total. The van der Waals surface area contributed by atoms with E-state index in [1.54, 1.807) is 24.3 Å². The fourth-order valence-electron chi connectivity index (χ4n) is 4.18. The molecule has 0 atom stereocenters. The van der Waals surface area contributed by atoms with Crippen molar-refractivity contribution in [3.05, 3.63) is 77.5 Å². The second-order valence-corrected chi connectivity index (χ2v) is 8.44. The molecule has 0 spiro atoms. The van der Waals surface area contributed by atoms with E-state index in [4.69, 9.17) is 0 Å². The van der Waals surface area contributed by atoms with Gasteiger partial charge in [-0.05, 0) is 37.2 Å². The van der Waals surface area contributed by atoms with E-state index in [0.717, 1.165) is 31.8 Å². The highest BCUT2D eigenvalue weighted by atomic mass is 19.3. The molecule has 33 heavy (non-hydrogen) atoms. The van der Waals surface area contributed by atoms with E-state index in [0.29, 0.717) is 22.5 Å². The lowest BCUT2D eigenvalue weighted by Crippen LogP contribution is -2.50. The van der Waals surface area contributed by atoms with Crippen molar-refractivity contribution in [3.63, 3.8) is 0 Å². The summed E-state index contributed by atoms with van der Waals surface area (Å²) in [7, 11) is 0. The van der Waals surface area contributed by atoms with Crippen LogP contribution in [0.15, 0.2) is 64.9 Å². The molecule has 0 amide bonds. The van der Waals surface area contributed by atoms with Gasteiger partial charge in [-0.25, -0.2) is 17.6 Å². The smallest absolute Gasteiger partial charge is 0.278 e. The Bertz CT molecular complexity index is 1090. The summed E-state index contributed by atoms with van der Waals surface area (Å²) < 4.78 is 54.7. The number of likely N-dealkylation sites (tertiary alicyclic amines) is 1. The van der Waals surface area contributed by atoms with Gasteiger partial charge >= 0.3 is 0 Å². The third-order valence-corrected chi connectivity index (χ3v) is 6.05. The first kappa shape index (κ1) is 23.2. The second kappa shape index (κ2) is 9.87. The number of alkyl halides is 2. The summed E-state index contributed by atoms with van der Waals surface area (Å²) in [4.78, 5) is 4.17. The number of anilines is 1. The maximum absolute atomic E-state index is 15.1. The van der Waals surface area contributed by atoms with Crippen molar-refractivity contribution >= 4 is 17.1 Å². The molecule has 2 aromatic carbocycles. The Balaban J connectivity index is 1.53. The van der Waals surface area contributed by atoms with Gasteiger partial charge in [0.2, 0.25) is 0 Å². The molecule has 2 aliphatic rings. The van der Waals surface area contributed by atoms with Crippen molar-refractivity contribution in [1.82, 2.24) is 4.90 Å². The topological polar surface area (TPSA) is 31.2 Å². The first-order chi connectivity index (χ1) is 15.9. The van der Waals surface area contributed by atoms with Gasteiger partial charge in [0.05, 0.1) is 12.3 Å². The highest BCUT2D eigenvalue weighted by molar-refractivity contribution is 6.15. The van der Waals surface area contributed by atoms with Gasteiger partial charge in [-0.15, -0.1) is 0 Å². The van der Waals surface area contributed by atoms with Crippen molar-refractivity contribution in [2.75, 3.05) is 24.5 Å². The Kier molecular flexibility index (Phi) is 6.93. The molecule has 0 unspecified atom stereocenters. The SMILES string of the molecule is C=C(C1CN(CCC)C1)N(Cc1ccc(C2=NN=C(C(F)F)C2)cc1F)c1cccc(F)c1. The molecule has 0 radical (unpaired) electrons. The maximum Gasteiger partial charge on any atom is 0.278 e. The summed E-state index contributed by atoms with van der Waals surface area (Å²) in [5.74, 6) is -0.660. The number of halogens is 4. The summed E-state index contributed by atoms with van der Waals surface area (Å²) in [6.45, 7) is 9.31. The van der Waals surface area contributed by atoms with Gasteiger partial charge in [0.15, 0.2) is 0 Å². The summed E-state index contributed by atoms with van der Waals surface area (Å²) >= 11 is 0. The largest absolute Gasteiger partial charge is 0.341 e. The normalized spacial score (nSPS) is 16.5. The quantitative estimate of drug-likeness (QED) is 0.456. The first-order valence-corrected chi connectivity index (χ1v) is 11.0. The third kappa shape index (κ3) is 5.16. The molecule has 1 saturated heterocycles. The zero-order chi connectivity index (χ0) is 23.5. The number of nitrogens with zero attached hydrogens (tertiary/aromatic N) is 4. The van der Waals surface area contributed by atoms with Gasteiger partial charge in [-0.2, -0.15) is 10.2 Å². The standard InChI is InChI=1S/C25H26F4N4/c1-3-9-32-13-19(14-32)16(2)33(21-6-4-5-20(26)11-21)15-18-8-7-17(10-22(18)27)23-12-24(25(28)29)31-30-23/h4-8,10-11,19,25H,2-3,9,12-15H2,1H3. The number of rotatable bonds is 9. The fourth-order valence-corrected chi connectivity index (χ4v) is 4.18. The summed E-state index contributed by atoms with van der Waals surface area (Å²) in [5.41, 5.74) is 2.22. The Morgan fingerprint density at radius 2 is 1.94 bits per heavy atom. The Hall–Kier alpha value is -3.00. The van der Waals surface area contributed by atoms with Crippen LogP contribution < -0.4 is 4.90 Å². The van der Waals surface area contributed by atoms with E-state index in [-0.39, 0.29) is 30.4 Å². The molecule has 2 aliphatic heterocycles. The number of hydrogen-bond donors (Lipinski definition) is 0. The minimum absolute atomic E-state index is 0.0986. The minimum atomic E-state index is -2.68. The summed E-state index contributed by atoms with van der Waals surface area (Å²) in [6, 6.07) is 10.7.